The van der Waals surface area contributed by atoms with E-state index in [0.29, 0.717) is 6.10 Å². The fourth-order valence-corrected chi connectivity index (χ4v) is 4.38. The molecular weight excluding hydrogens is 374 g/mol. The molecule has 3 aromatic heterocycles. The highest BCUT2D eigenvalue weighted by molar-refractivity contribution is 5.53. The van der Waals surface area contributed by atoms with E-state index in [1.54, 1.807) is 6.20 Å². The third kappa shape index (κ3) is 4.33. The van der Waals surface area contributed by atoms with E-state index in [2.05, 4.69) is 25.9 Å². The van der Waals surface area contributed by atoms with Crippen LogP contribution in [0.4, 0.5) is 0 Å². The largest absolute Gasteiger partial charge is 0.474 e. The number of nitrogens with zero attached hydrogens (tertiary/aromatic N) is 5. The van der Waals surface area contributed by atoms with Crippen molar-refractivity contribution in [2.24, 2.45) is 0 Å². The minimum Gasteiger partial charge on any atom is -0.474 e. The summed E-state index contributed by atoms with van der Waals surface area (Å²) in [5, 5.41) is 0. The van der Waals surface area contributed by atoms with Gasteiger partial charge in [0.15, 0.2) is 5.82 Å². The Balaban J connectivity index is 1.28. The van der Waals surface area contributed by atoms with Crippen LogP contribution in [0.15, 0.2) is 49.1 Å². The first-order chi connectivity index (χ1) is 14.8. The third-order valence-corrected chi connectivity index (χ3v) is 6.01. The molecule has 0 bridgehead atoms. The Hall–Kier alpha value is -2.86. The highest BCUT2D eigenvalue weighted by Crippen LogP contribution is 2.27. The van der Waals surface area contributed by atoms with Gasteiger partial charge in [0.1, 0.15) is 6.10 Å². The van der Waals surface area contributed by atoms with Gasteiger partial charge in [0, 0.05) is 67.5 Å². The van der Waals surface area contributed by atoms with Gasteiger partial charge in [-0.1, -0.05) is 12.5 Å². The maximum absolute atomic E-state index is 6.29. The maximum Gasteiger partial charge on any atom is 0.218 e. The zero-order chi connectivity index (χ0) is 20.2. The van der Waals surface area contributed by atoms with Gasteiger partial charge in [0.25, 0.3) is 0 Å². The maximum atomic E-state index is 6.29. The quantitative estimate of drug-likeness (QED) is 0.638. The highest BCUT2D eigenvalue weighted by Gasteiger charge is 2.22. The standard InChI is InChI=1S/C24H27N5O/c1-2-8-21(9-3-1)30-24-19(7-5-12-26-24)16-29-13-10-22-20(17-29)15-27-23(28-22)18-6-4-11-25-14-18/h4-7,11-12,14-15,21H,1-3,8-10,13,16-17H2. The molecule has 1 fully saturated rings. The van der Waals surface area contributed by atoms with Crippen LogP contribution < -0.4 is 4.74 Å². The molecule has 154 valence electrons. The Morgan fingerprint density at radius 3 is 2.77 bits per heavy atom. The first kappa shape index (κ1) is 19.1. The minimum atomic E-state index is 0.314. The van der Waals surface area contributed by atoms with Gasteiger partial charge < -0.3 is 4.74 Å². The van der Waals surface area contributed by atoms with Crippen molar-refractivity contribution in [1.29, 1.82) is 0 Å². The van der Waals surface area contributed by atoms with Crippen molar-refractivity contribution in [2.45, 2.75) is 57.7 Å². The van der Waals surface area contributed by atoms with Crippen LogP contribution in [0.3, 0.4) is 0 Å². The van der Waals surface area contributed by atoms with Gasteiger partial charge in [-0.2, -0.15) is 0 Å². The first-order valence-corrected chi connectivity index (χ1v) is 10.9. The van der Waals surface area contributed by atoms with Crippen LogP contribution in [-0.4, -0.2) is 37.5 Å². The molecule has 6 nitrogen and oxygen atoms in total. The topological polar surface area (TPSA) is 64.0 Å². The van der Waals surface area contributed by atoms with Crippen molar-refractivity contribution >= 4 is 0 Å². The lowest BCUT2D eigenvalue weighted by molar-refractivity contribution is 0.143. The van der Waals surface area contributed by atoms with Crippen LogP contribution in [0.1, 0.15) is 48.9 Å². The Morgan fingerprint density at radius 1 is 1.00 bits per heavy atom. The Morgan fingerprint density at radius 2 is 1.90 bits per heavy atom. The predicted molar refractivity (Wildman–Crippen MR) is 115 cm³/mol. The molecule has 0 radical (unpaired) electrons. The normalized spacial score (nSPS) is 17.5. The molecule has 4 heterocycles. The summed E-state index contributed by atoms with van der Waals surface area (Å²) >= 11 is 0. The zero-order valence-corrected chi connectivity index (χ0v) is 17.2. The van der Waals surface area contributed by atoms with Crippen molar-refractivity contribution in [2.75, 3.05) is 6.54 Å². The molecule has 1 aliphatic heterocycles. The molecule has 2 aliphatic rings. The van der Waals surface area contributed by atoms with E-state index in [0.717, 1.165) is 61.9 Å². The first-order valence-electron chi connectivity index (χ1n) is 10.9. The van der Waals surface area contributed by atoms with Crippen molar-refractivity contribution in [3.05, 3.63) is 65.9 Å². The Bertz CT molecular complexity index is 988. The molecule has 1 saturated carbocycles. The summed E-state index contributed by atoms with van der Waals surface area (Å²) in [5.74, 6) is 1.56. The average molecular weight is 402 g/mol. The van der Waals surface area contributed by atoms with Crippen LogP contribution in [0.5, 0.6) is 5.88 Å². The highest BCUT2D eigenvalue weighted by atomic mass is 16.5. The molecule has 0 amide bonds. The number of fused-ring (bicyclic) bond motifs is 1. The molecule has 3 aromatic rings. The van der Waals surface area contributed by atoms with E-state index in [-0.39, 0.29) is 0 Å². The summed E-state index contributed by atoms with van der Waals surface area (Å²) in [5.41, 5.74) is 4.47. The van der Waals surface area contributed by atoms with Crippen LogP contribution in [-0.2, 0) is 19.5 Å². The van der Waals surface area contributed by atoms with E-state index in [4.69, 9.17) is 9.72 Å². The van der Waals surface area contributed by atoms with Gasteiger partial charge >= 0.3 is 0 Å². The van der Waals surface area contributed by atoms with Crippen LogP contribution >= 0.6 is 0 Å². The van der Waals surface area contributed by atoms with Gasteiger partial charge in [-0.15, -0.1) is 0 Å². The Kier molecular flexibility index (Phi) is 5.66. The number of rotatable bonds is 5. The van der Waals surface area contributed by atoms with Crippen molar-refractivity contribution in [3.8, 4) is 17.3 Å². The van der Waals surface area contributed by atoms with Crippen LogP contribution in [0.2, 0.25) is 0 Å². The van der Waals surface area contributed by atoms with E-state index < -0.39 is 0 Å². The molecule has 0 saturated heterocycles. The van der Waals surface area contributed by atoms with Crippen molar-refractivity contribution in [3.63, 3.8) is 0 Å². The van der Waals surface area contributed by atoms with Gasteiger partial charge in [-0.3, -0.25) is 9.88 Å². The molecular formula is C24H27N5O. The van der Waals surface area contributed by atoms with E-state index in [1.807, 2.05) is 36.8 Å². The summed E-state index contributed by atoms with van der Waals surface area (Å²) in [6.07, 6.45) is 14.8. The van der Waals surface area contributed by atoms with Gasteiger partial charge in [0.05, 0.1) is 5.69 Å². The Labute approximate surface area is 177 Å². The summed E-state index contributed by atoms with van der Waals surface area (Å²) in [6, 6.07) is 8.06. The number of ether oxygens (including phenoxy) is 1. The lowest BCUT2D eigenvalue weighted by Gasteiger charge is -2.29. The van der Waals surface area contributed by atoms with Crippen molar-refractivity contribution in [1.82, 2.24) is 24.8 Å². The van der Waals surface area contributed by atoms with E-state index in [9.17, 15) is 0 Å². The SMILES string of the molecule is c1cncc(-c2ncc3c(n2)CCN(Cc2cccnc2OC2CCCCC2)C3)c1. The second-order valence-electron chi connectivity index (χ2n) is 8.21. The fraction of sp³-hybridized carbons (Fsp3) is 0.417. The van der Waals surface area contributed by atoms with Gasteiger partial charge in [-0.05, 0) is 43.9 Å². The number of hydrogen-bond acceptors (Lipinski definition) is 6. The second kappa shape index (κ2) is 8.88. The number of hydrogen-bond donors (Lipinski definition) is 0. The summed E-state index contributed by atoms with van der Waals surface area (Å²) in [6.45, 7) is 2.65. The third-order valence-electron chi connectivity index (χ3n) is 6.01. The van der Waals surface area contributed by atoms with Gasteiger partial charge in [-0.25, -0.2) is 15.0 Å². The summed E-state index contributed by atoms with van der Waals surface area (Å²) in [4.78, 5) is 20.5. The summed E-state index contributed by atoms with van der Waals surface area (Å²) < 4.78 is 6.29. The molecule has 30 heavy (non-hydrogen) atoms. The lowest BCUT2D eigenvalue weighted by Crippen LogP contribution is -2.31. The molecule has 0 unspecified atom stereocenters. The molecule has 5 rings (SSSR count). The fourth-order valence-electron chi connectivity index (χ4n) is 4.38. The van der Waals surface area contributed by atoms with Crippen LogP contribution in [0, 0.1) is 0 Å². The number of aromatic nitrogens is 4. The zero-order valence-electron chi connectivity index (χ0n) is 17.2. The molecule has 0 aromatic carbocycles. The van der Waals surface area contributed by atoms with Gasteiger partial charge in [0.2, 0.25) is 5.88 Å². The molecule has 1 aliphatic carbocycles. The summed E-state index contributed by atoms with van der Waals surface area (Å²) in [7, 11) is 0. The second-order valence-corrected chi connectivity index (χ2v) is 8.21. The lowest BCUT2D eigenvalue weighted by atomic mass is 9.98. The molecule has 6 heteroatoms. The molecule has 0 spiro atoms. The average Bonchev–Trinajstić information content (AvgIpc) is 2.81. The number of pyridine rings is 2. The predicted octanol–water partition coefficient (Wildman–Crippen LogP) is 4.20. The molecule has 0 atom stereocenters. The smallest absolute Gasteiger partial charge is 0.218 e. The molecule has 0 N–H and O–H groups in total. The van der Waals surface area contributed by atoms with E-state index in [1.165, 1.54) is 30.4 Å². The van der Waals surface area contributed by atoms with E-state index >= 15 is 0 Å². The minimum absolute atomic E-state index is 0.314. The van der Waals surface area contributed by atoms with Crippen molar-refractivity contribution < 1.29 is 4.74 Å². The van der Waals surface area contributed by atoms with Crippen LogP contribution in [0.25, 0.3) is 11.4 Å². The monoisotopic (exact) mass is 401 g/mol.